The minimum atomic E-state index is 0.767. The fourth-order valence-corrected chi connectivity index (χ4v) is 2.59. The van der Waals surface area contributed by atoms with Crippen LogP contribution in [0, 0.1) is 5.92 Å². The van der Waals surface area contributed by atoms with Gasteiger partial charge in [-0.05, 0) is 49.9 Å². The van der Waals surface area contributed by atoms with Crippen molar-refractivity contribution in [2.24, 2.45) is 5.92 Å². The Bertz CT molecular complexity index is 327. The van der Waals surface area contributed by atoms with Crippen molar-refractivity contribution >= 4 is 0 Å². The molecule has 2 nitrogen and oxygen atoms in total. The van der Waals surface area contributed by atoms with Gasteiger partial charge in [-0.3, -0.25) is 0 Å². The number of hydrogen-bond acceptors (Lipinski definition) is 2. The summed E-state index contributed by atoms with van der Waals surface area (Å²) >= 11 is 0. The molecular weight excluding hydrogens is 222 g/mol. The van der Waals surface area contributed by atoms with Crippen molar-refractivity contribution in [3.63, 3.8) is 0 Å². The SMILES string of the molecule is CNCCc1ccc(COCC2CCCC2)cc1. The molecule has 0 radical (unpaired) electrons. The molecule has 0 heterocycles. The highest BCUT2D eigenvalue weighted by Crippen LogP contribution is 2.24. The molecule has 1 fully saturated rings. The molecule has 18 heavy (non-hydrogen) atoms. The lowest BCUT2D eigenvalue weighted by molar-refractivity contribution is 0.0889. The summed E-state index contributed by atoms with van der Waals surface area (Å²) in [7, 11) is 1.99. The van der Waals surface area contributed by atoms with Crippen LogP contribution in [0.1, 0.15) is 36.8 Å². The lowest BCUT2D eigenvalue weighted by atomic mass is 10.1. The van der Waals surface area contributed by atoms with E-state index in [1.807, 2.05) is 7.05 Å². The van der Waals surface area contributed by atoms with Crippen molar-refractivity contribution < 1.29 is 4.74 Å². The van der Waals surface area contributed by atoms with Crippen molar-refractivity contribution in [1.29, 1.82) is 0 Å². The fraction of sp³-hybridized carbons (Fsp3) is 0.625. The minimum Gasteiger partial charge on any atom is -0.376 e. The Balaban J connectivity index is 1.68. The van der Waals surface area contributed by atoms with E-state index in [4.69, 9.17) is 4.74 Å². The molecule has 1 aromatic carbocycles. The Morgan fingerprint density at radius 2 is 1.78 bits per heavy atom. The predicted molar refractivity (Wildman–Crippen MR) is 75.7 cm³/mol. The molecule has 0 aromatic heterocycles. The largest absolute Gasteiger partial charge is 0.376 e. The molecule has 1 saturated carbocycles. The van der Waals surface area contributed by atoms with E-state index in [1.54, 1.807) is 0 Å². The average Bonchev–Trinajstić information content (AvgIpc) is 2.91. The summed E-state index contributed by atoms with van der Waals surface area (Å²) < 4.78 is 5.81. The quantitative estimate of drug-likeness (QED) is 0.799. The second kappa shape index (κ2) is 7.55. The maximum absolute atomic E-state index is 5.81. The van der Waals surface area contributed by atoms with Crippen LogP contribution in [0.4, 0.5) is 0 Å². The summed E-state index contributed by atoms with van der Waals surface area (Å²) in [6.45, 7) is 2.75. The summed E-state index contributed by atoms with van der Waals surface area (Å²) in [4.78, 5) is 0. The summed E-state index contributed by atoms with van der Waals surface area (Å²) in [6, 6.07) is 8.82. The standard InChI is InChI=1S/C16H25NO/c1-17-11-10-14-6-8-16(9-7-14)13-18-12-15-4-2-3-5-15/h6-9,15,17H,2-5,10-13H2,1H3. The summed E-state index contributed by atoms with van der Waals surface area (Å²) in [6.07, 6.45) is 6.62. The number of likely N-dealkylation sites (N-methyl/N-ethyl adjacent to an activating group) is 1. The molecule has 0 aliphatic heterocycles. The lowest BCUT2D eigenvalue weighted by Crippen LogP contribution is -2.10. The van der Waals surface area contributed by atoms with Crippen LogP contribution in [0.3, 0.4) is 0 Å². The molecule has 2 rings (SSSR count). The molecule has 2 heteroatoms. The Morgan fingerprint density at radius 3 is 2.44 bits per heavy atom. The van der Waals surface area contributed by atoms with Crippen LogP contribution in [0.5, 0.6) is 0 Å². The van der Waals surface area contributed by atoms with E-state index in [9.17, 15) is 0 Å². The van der Waals surface area contributed by atoms with Crippen LogP contribution in [0.25, 0.3) is 0 Å². The molecule has 1 aliphatic rings. The minimum absolute atomic E-state index is 0.767. The maximum atomic E-state index is 5.81. The van der Waals surface area contributed by atoms with Gasteiger partial charge in [0.15, 0.2) is 0 Å². The lowest BCUT2D eigenvalue weighted by Gasteiger charge is -2.10. The Morgan fingerprint density at radius 1 is 1.11 bits per heavy atom. The Kier molecular flexibility index (Phi) is 5.69. The number of benzene rings is 1. The molecule has 100 valence electrons. The molecule has 1 N–H and O–H groups in total. The predicted octanol–water partition coefficient (Wildman–Crippen LogP) is 3.16. The first kappa shape index (κ1) is 13.6. The van der Waals surface area contributed by atoms with Gasteiger partial charge in [0.2, 0.25) is 0 Å². The van der Waals surface area contributed by atoms with E-state index in [-0.39, 0.29) is 0 Å². The molecule has 1 aromatic rings. The van der Waals surface area contributed by atoms with Gasteiger partial charge in [-0.1, -0.05) is 37.1 Å². The number of ether oxygens (including phenoxy) is 1. The second-order valence-electron chi connectivity index (χ2n) is 5.34. The third kappa shape index (κ3) is 4.43. The van der Waals surface area contributed by atoms with Crippen molar-refractivity contribution in [2.75, 3.05) is 20.2 Å². The van der Waals surface area contributed by atoms with Gasteiger partial charge in [0.25, 0.3) is 0 Å². The van der Waals surface area contributed by atoms with Gasteiger partial charge in [-0.15, -0.1) is 0 Å². The van der Waals surface area contributed by atoms with Crippen molar-refractivity contribution in [3.05, 3.63) is 35.4 Å². The van der Waals surface area contributed by atoms with Gasteiger partial charge >= 0.3 is 0 Å². The monoisotopic (exact) mass is 247 g/mol. The summed E-state index contributed by atoms with van der Waals surface area (Å²) in [5.41, 5.74) is 2.69. The van der Waals surface area contributed by atoms with E-state index in [2.05, 4.69) is 29.6 Å². The average molecular weight is 247 g/mol. The molecular formula is C16H25NO. The van der Waals surface area contributed by atoms with Crippen molar-refractivity contribution in [2.45, 2.75) is 38.7 Å². The fourth-order valence-electron chi connectivity index (χ4n) is 2.59. The summed E-state index contributed by atoms with van der Waals surface area (Å²) in [5.74, 6) is 0.819. The molecule has 0 amide bonds. The van der Waals surface area contributed by atoms with Gasteiger partial charge in [0.1, 0.15) is 0 Å². The van der Waals surface area contributed by atoms with E-state index in [0.717, 1.165) is 32.1 Å². The van der Waals surface area contributed by atoms with Crippen LogP contribution in [0.2, 0.25) is 0 Å². The zero-order chi connectivity index (χ0) is 12.6. The highest BCUT2D eigenvalue weighted by Gasteiger charge is 2.14. The van der Waals surface area contributed by atoms with E-state index < -0.39 is 0 Å². The second-order valence-corrected chi connectivity index (χ2v) is 5.34. The van der Waals surface area contributed by atoms with Crippen LogP contribution in [-0.4, -0.2) is 20.2 Å². The van der Waals surface area contributed by atoms with E-state index in [0.29, 0.717) is 0 Å². The molecule has 1 aliphatic carbocycles. The Labute approximate surface area is 111 Å². The first-order valence-electron chi connectivity index (χ1n) is 7.18. The Hall–Kier alpha value is -0.860. The van der Waals surface area contributed by atoms with Crippen LogP contribution in [0.15, 0.2) is 24.3 Å². The zero-order valence-electron chi connectivity index (χ0n) is 11.5. The highest BCUT2D eigenvalue weighted by molar-refractivity contribution is 5.22. The van der Waals surface area contributed by atoms with Gasteiger partial charge in [0, 0.05) is 6.61 Å². The molecule has 0 unspecified atom stereocenters. The first-order valence-corrected chi connectivity index (χ1v) is 7.18. The van der Waals surface area contributed by atoms with Gasteiger partial charge in [-0.25, -0.2) is 0 Å². The smallest absolute Gasteiger partial charge is 0.0717 e. The highest BCUT2D eigenvalue weighted by atomic mass is 16.5. The summed E-state index contributed by atoms with van der Waals surface area (Å²) in [5, 5.41) is 3.17. The van der Waals surface area contributed by atoms with E-state index in [1.165, 1.54) is 36.8 Å². The third-order valence-electron chi connectivity index (χ3n) is 3.78. The number of nitrogens with one attached hydrogen (secondary N) is 1. The van der Waals surface area contributed by atoms with Crippen molar-refractivity contribution in [1.82, 2.24) is 5.32 Å². The molecule has 0 atom stereocenters. The molecule has 0 spiro atoms. The van der Waals surface area contributed by atoms with Crippen LogP contribution in [-0.2, 0) is 17.8 Å². The number of hydrogen-bond donors (Lipinski definition) is 1. The normalized spacial score (nSPS) is 16.3. The van der Waals surface area contributed by atoms with E-state index >= 15 is 0 Å². The van der Waals surface area contributed by atoms with Gasteiger partial charge < -0.3 is 10.1 Å². The third-order valence-corrected chi connectivity index (χ3v) is 3.78. The molecule has 0 saturated heterocycles. The van der Waals surface area contributed by atoms with Crippen LogP contribution < -0.4 is 5.32 Å². The maximum Gasteiger partial charge on any atom is 0.0717 e. The van der Waals surface area contributed by atoms with Crippen LogP contribution >= 0.6 is 0 Å². The van der Waals surface area contributed by atoms with Crippen molar-refractivity contribution in [3.8, 4) is 0 Å². The first-order chi connectivity index (χ1) is 8.88. The molecule has 0 bridgehead atoms. The van der Waals surface area contributed by atoms with Gasteiger partial charge in [0.05, 0.1) is 6.61 Å². The zero-order valence-corrected chi connectivity index (χ0v) is 11.5. The topological polar surface area (TPSA) is 21.3 Å². The van der Waals surface area contributed by atoms with Gasteiger partial charge in [-0.2, -0.15) is 0 Å². The number of rotatable bonds is 7.